The number of aliphatic carboxylic acids is 1. The number of primary amides is 1. The summed E-state index contributed by atoms with van der Waals surface area (Å²) in [6, 6.07) is 5.74. The van der Waals surface area contributed by atoms with Gasteiger partial charge in [0, 0.05) is 41.6 Å². The van der Waals surface area contributed by atoms with Crippen molar-refractivity contribution in [2.75, 3.05) is 6.54 Å². The van der Waals surface area contributed by atoms with Crippen LogP contribution in [0.25, 0.3) is 10.9 Å². The van der Waals surface area contributed by atoms with E-state index in [9.17, 15) is 19.5 Å². The predicted molar refractivity (Wildman–Crippen MR) is 98.0 cm³/mol. The van der Waals surface area contributed by atoms with Gasteiger partial charge in [0.15, 0.2) is 0 Å². The van der Waals surface area contributed by atoms with Gasteiger partial charge < -0.3 is 26.0 Å². The number of aromatic nitrogens is 1. The molecule has 1 atom stereocenters. The maximum atomic E-state index is 12.1. The number of nitrogens with zero attached hydrogens (tertiary/aromatic N) is 1. The monoisotopic (exact) mass is 380 g/mol. The van der Waals surface area contributed by atoms with E-state index in [1.165, 1.54) is 0 Å². The van der Waals surface area contributed by atoms with Gasteiger partial charge in [0.05, 0.1) is 0 Å². The molecule has 0 aliphatic heterocycles. The molecule has 0 aliphatic carbocycles. The number of carboxylic acids is 1. The number of fused-ring (bicyclic) bond motifs is 1. The number of carboxylic acid groups (broad SMARTS) is 1. The molecule has 9 heteroatoms. The van der Waals surface area contributed by atoms with Crippen LogP contribution in [0.1, 0.15) is 19.3 Å². The van der Waals surface area contributed by atoms with Gasteiger partial charge in [-0.15, -0.1) is 0 Å². The Kier molecular flexibility index (Phi) is 6.85. The summed E-state index contributed by atoms with van der Waals surface area (Å²) in [5, 5.41) is 15.6. The molecule has 0 bridgehead atoms. The maximum Gasteiger partial charge on any atom is 0.326 e. The summed E-state index contributed by atoms with van der Waals surface area (Å²) in [7, 11) is 0. The molecule has 0 aliphatic rings. The Balaban J connectivity index is 1.86. The molecule has 0 saturated heterocycles. The molecule has 5 N–H and O–H groups in total. The molecule has 3 amide bonds. The van der Waals surface area contributed by atoms with Crippen molar-refractivity contribution < 1.29 is 19.5 Å². The van der Waals surface area contributed by atoms with Gasteiger partial charge in [0.1, 0.15) is 6.04 Å². The fourth-order valence-corrected chi connectivity index (χ4v) is 2.88. The Hall–Kier alpha value is -2.74. The van der Waals surface area contributed by atoms with Gasteiger partial charge in [-0.2, -0.15) is 0 Å². The Labute approximate surface area is 155 Å². The second-order valence-corrected chi connectivity index (χ2v) is 6.23. The van der Waals surface area contributed by atoms with Gasteiger partial charge in [-0.3, -0.25) is 4.79 Å². The number of nitrogens with one attached hydrogen (secondary N) is 2. The number of rotatable bonds is 9. The van der Waals surface area contributed by atoms with E-state index >= 15 is 0 Å². The Bertz CT molecular complexity index is 805. The third-order valence-electron chi connectivity index (χ3n) is 3.94. The predicted octanol–water partition coefficient (Wildman–Crippen LogP) is 1.70. The first-order chi connectivity index (χ1) is 12.4. The lowest BCUT2D eigenvalue weighted by atomic mass is 10.1. The van der Waals surface area contributed by atoms with E-state index in [1.54, 1.807) is 6.07 Å². The number of halogens is 1. The lowest BCUT2D eigenvalue weighted by Gasteiger charge is -2.15. The normalized spacial score (nSPS) is 11.9. The van der Waals surface area contributed by atoms with Crippen molar-refractivity contribution in [3.05, 3.63) is 35.5 Å². The SMILES string of the molecule is NC(=O)NCCC[C@H](NC(=O)CCn1ccc2c(Cl)cccc21)C(=O)O. The van der Waals surface area contributed by atoms with Crippen molar-refractivity contribution in [3.8, 4) is 0 Å². The van der Waals surface area contributed by atoms with E-state index in [4.69, 9.17) is 17.3 Å². The molecule has 0 spiro atoms. The molecule has 140 valence electrons. The van der Waals surface area contributed by atoms with Crippen molar-refractivity contribution in [2.24, 2.45) is 5.73 Å². The number of aryl methyl sites for hydroxylation is 1. The van der Waals surface area contributed by atoms with E-state index in [2.05, 4.69) is 10.6 Å². The molecule has 2 rings (SSSR count). The number of benzene rings is 1. The van der Waals surface area contributed by atoms with Crippen LogP contribution in [0.2, 0.25) is 5.02 Å². The Morgan fingerprint density at radius 3 is 2.73 bits per heavy atom. The molecule has 0 radical (unpaired) electrons. The highest BCUT2D eigenvalue weighted by atomic mass is 35.5. The molecule has 8 nitrogen and oxygen atoms in total. The van der Waals surface area contributed by atoms with E-state index in [1.807, 2.05) is 29.0 Å². The molecule has 0 fully saturated rings. The summed E-state index contributed by atoms with van der Waals surface area (Å²) < 4.78 is 1.90. The zero-order valence-electron chi connectivity index (χ0n) is 14.1. The number of amides is 3. The van der Waals surface area contributed by atoms with E-state index in [-0.39, 0.29) is 25.3 Å². The second-order valence-electron chi connectivity index (χ2n) is 5.82. The van der Waals surface area contributed by atoms with E-state index in [0.29, 0.717) is 18.0 Å². The van der Waals surface area contributed by atoms with Gasteiger partial charge in [0.2, 0.25) is 5.91 Å². The van der Waals surface area contributed by atoms with Crippen LogP contribution in [-0.2, 0) is 16.1 Å². The molecule has 1 heterocycles. The lowest BCUT2D eigenvalue weighted by Crippen LogP contribution is -2.41. The quantitative estimate of drug-likeness (QED) is 0.494. The summed E-state index contributed by atoms with van der Waals surface area (Å²) in [5.74, 6) is -1.47. The summed E-state index contributed by atoms with van der Waals surface area (Å²) in [6.45, 7) is 0.663. The van der Waals surface area contributed by atoms with Crippen LogP contribution in [-0.4, -0.2) is 40.2 Å². The Morgan fingerprint density at radius 2 is 2.04 bits per heavy atom. The van der Waals surface area contributed by atoms with Crippen LogP contribution in [0.4, 0.5) is 4.79 Å². The minimum atomic E-state index is -1.12. The zero-order valence-corrected chi connectivity index (χ0v) is 14.8. The molecular formula is C17H21ClN4O4. The van der Waals surface area contributed by atoms with Crippen molar-refractivity contribution >= 4 is 40.4 Å². The fourth-order valence-electron chi connectivity index (χ4n) is 2.64. The number of nitrogens with two attached hydrogens (primary N) is 1. The number of hydrogen-bond donors (Lipinski definition) is 4. The number of carbonyl (C=O) groups excluding carboxylic acids is 2. The first kappa shape index (κ1) is 19.6. The van der Waals surface area contributed by atoms with Crippen molar-refractivity contribution in [1.82, 2.24) is 15.2 Å². The highest BCUT2D eigenvalue weighted by Gasteiger charge is 2.19. The van der Waals surface area contributed by atoms with E-state index in [0.717, 1.165) is 10.9 Å². The minimum absolute atomic E-state index is 0.139. The number of carbonyl (C=O) groups is 3. The van der Waals surface area contributed by atoms with Gasteiger partial charge in [-0.1, -0.05) is 17.7 Å². The first-order valence-corrected chi connectivity index (χ1v) is 8.55. The van der Waals surface area contributed by atoms with Gasteiger partial charge in [0.25, 0.3) is 0 Å². The first-order valence-electron chi connectivity index (χ1n) is 8.17. The van der Waals surface area contributed by atoms with Crippen LogP contribution in [0.15, 0.2) is 30.5 Å². The molecule has 0 unspecified atom stereocenters. The van der Waals surface area contributed by atoms with Crippen LogP contribution in [0.5, 0.6) is 0 Å². The van der Waals surface area contributed by atoms with Gasteiger partial charge in [-0.25, -0.2) is 9.59 Å². The molecule has 26 heavy (non-hydrogen) atoms. The van der Waals surface area contributed by atoms with Crippen LogP contribution < -0.4 is 16.4 Å². The fraction of sp³-hybridized carbons (Fsp3) is 0.353. The summed E-state index contributed by atoms with van der Waals surface area (Å²) in [6.07, 6.45) is 2.57. The van der Waals surface area contributed by atoms with Crippen molar-refractivity contribution in [1.29, 1.82) is 0 Å². The van der Waals surface area contributed by atoms with Gasteiger partial charge >= 0.3 is 12.0 Å². The highest BCUT2D eigenvalue weighted by Crippen LogP contribution is 2.24. The largest absolute Gasteiger partial charge is 0.480 e. The lowest BCUT2D eigenvalue weighted by molar-refractivity contribution is -0.142. The smallest absolute Gasteiger partial charge is 0.326 e. The topological polar surface area (TPSA) is 126 Å². The van der Waals surface area contributed by atoms with Crippen LogP contribution in [0, 0.1) is 0 Å². The molecule has 1 aromatic heterocycles. The number of hydrogen-bond acceptors (Lipinski definition) is 3. The van der Waals surface area contributed by atoms with Crippen molar-refractivity contribution in [2.45, 2.75) is 31.8 Å². The highest BCUT2D eigenvalue weighted by molar-refractivity contribution is 6.35. The third-order valence-corrected chi connectivity index (χ3v) is 4.27. The van der Waals surface area contributed by atoms with Crippen molar-refractivity contribution in [3.63, 3.8) is 0 Å². The average Bonchev–Trinajstić information content (AvgIpc) is 3.00. The summed E-state index contributed by atoms with van der Waals surface area (Å²) >= 11 is 6.12. The van der Waals surface area contributed by atoms with Gasteiger partial charge in [-0.05, 0) is 31.0 Å². The second kappa shape index (κ2) is 9.10. The van der Waals surface area contributed by atoms with Crippen LogP contribution >= 0.6 is 11.6 Å². The molecule has 2 aromatic rings. The standard InChI is InChI=1S/C17H21ClN4O4/c18-12-3-1-5-14-11(12)6-9-22(14)10-7-15(23)21-13(16(24)25)4-2-8-20-17(19)26/h1,3,5-6,9,13H,2,4,7-8,10H2,(H,21,23)(H,24,25)(H3,19,20,26)/t13-/m0/s1. The third kappa shape index (κ3) is 5.38. The molecule has 1 aromatic carbocycles. The summed E-state index contributed by atoms with van der Waals surface area (Å²) in [5.41, 5.74) is 5.85. The minimum Gasteiger partial charge on any atom is -0.480 e. The summed E-state index contributed by atoms with van der Waals surface area (Å²) in [4.78, 5) is 33.9. The molecular weight excluding hydrogens is 360 g/mol. The number of urea groups is 1. The maximum absolute atomic E-state index is 12.1. The van der Waals surface area contributed by atoms with E-state index < -0.39 is 18.0 Å². The van der Waals surface area contributed by atoms with Crippen LogP contribution in [0.3, 0.4) is 0 Å². The zero-order chi connectivity index (χ0) is 19.1. The Morgan fingerprint density at radius 1 is 1.27 bits per heavy atom. The average molecular weight is 381 g/mol. The molecule has 0 saturated carbocycles.